The average molecular weight is 477 g/mol. The maximum Gasteiger partial charge on any atom is 0.331 e. The Morgan fingerprint density at radius 1 is 1.03 bits per heavy atom. The molecule has 0 aromatic heterocycles. The number of rotatable bonds is 7. The lowest BCUT2D eigenvalue weighted by Gasteiger charge is -2.19. The van der Waals surface area contributed by atoms with Crippen molar-refractivity contribution in [3.05, 3.63) is 95.6 Å². The monoisotopic (exact) mass is 476 g/mol. The highest BCUT2D eigenvalue weighted by Gasteiger charge is 2.30. The van der Waals surface area contributed by atoms with E-state index in [0.717, 1.165) is 11.1 Å². The fourth-order valence-electron chi connectivity index (χ4n) is 3.70. The molecular weight excluding hydrogens is 452 g/mol. The molecule has 0 aliphatic carbocycles. The molecule has 3 aromatic carbocycles. The number of anilines is 2. The number of aryl methyl sites for hydroxylation is 1. The molecule has 34 heavy (non-hydrogen) atoms. The molecule has 1 aliphatic rings. The smallest absolute Gasteiger partial charge is 0.331 e. The maximum absolute atomic E-state index is 13.1. The van der Waals surface area contributed by atoms with E-state index in [1.165, 1.54) is 28.6 Å². The third-order valence-electron chi connectivity index (χ3n) is 5.37. The molecule has 0 radical (unpaired) electrons. The van der Waals surface area contributed by atoms with Crippen LogP contribution in [-0.2, 0) is 30.8 Å². The van der Waals surface area contributed by atoms with Gasteiger partial charge in [-0.05, 0) is 66.4 Å². The van der Waals surface area contributed by atoms with Crippen molar-refractivity contribution < 1.29 is 22.7 Å². The number of para-hydroxylation sites is 1. The van der Waals surface area contributed by atoms with Crippen LogP contribution in [0, 0.1) is 6.92 Å². The molecule has 0 saturated heterocycles. The largest absolute Gasteiger partial charge is 0.452 e. The lowest BCUT2D eigenvalue weighted by Crippen LogP contribution is -2.29. The van der Waals surface area contributed by atoms with Gasteiger partial charge in [0.15, 0.2) is 6.61 Å². The topological polar surface area (TPSA) is 92.8 Å². The van der Waals surface area contributed by atoms with Crippen molar-refractivity contribution in [2.45, 2.75) is 18.2 Å². The number of sulfonamides is 1. The van der Waals surface area contributed by atoms with Gasteiger partial charge in [0, 0.05) is 18.3 Å². The van der Waals surface area contributed by atoms with E-state index in [0.29, 0.717) is 29.9 Å². The number of carbonyl (C=O) groups excluding carboxylic acids is 2. The lowest BCUT2D eigenvalue weighted by molar-refractivity contribution is -0.142. The minimum Gasteiger partial charge on any atom is -0.452 e. The Hall–Kier alpha value is -3.91. The second-order valence-corrected chi connectivity index (χ2v) is 9.75. The molecule has 8 heteroatoms. The van der Waals surface area contributed by atoms with Crippen LogP contribution in [0.15, 0.2) is 83.8 Å². The molecule has 0 spiro atoms. The second-order valence-electron chi connectivity index (χ2n) is 7.88. The molecule has 1 aliphatic heterocycles. The third kappa shape index (κ3) is 5.35. The fourth-order valence-corrected chi connectivity index (χ4v) is 5.21. The van der Waals surface area contributed by atoms with Crippen LogP contribution in [0.3, 0.4) is 0 Å². The van der Waals surface area contributed by atoms with Crippen molar-refractivity contribution >= 4 is 39.4 Å². The molecule has 1 heterocycles. The number of carbonyl (C=O) groups is 2. The number of nitrogens with zero attached hydrogens (tertiary/aromatic N) is 1. The molecule has 0 atom stereocenters. The van der Waals surface area contributed by atoms with Crippen molar-refractivity contribution in [2.24, 2.45) is 0 Å². The number of hydrogen-bond donors (Lipinski definition) is 1. The number of nitrogens with one attached hydrogen (secondary N) is 1. The molecule has 4 rings (SSSR count). The van der Waals surface area contributed by atoms with Gasteiger partial charge >= 0.3 is 5.97 Å². The quantitative estimate of drug-likeness (QED) is 0.412. The summed E-state index contributed by atoms with van der Waals surface area (Å²) in [7, 11) is -3.67. The molecule has 3 aromatic rings. The first-order chi connectivity index (χ1) is 16.3. The molecule has 0 unspecified atom stereocenters. The van der Waals surface area contributed by atoms with E-state index in [2.05, 4.69) is 5.32 Å². The van der Waals surface area contributed by atoms with Crippen LogP contribution in [0.1, 0.15) is 16.7 Å². The Morgan fingerprint density at radius 2 is 1.79 bits per heavy atom. The molecule has 0 bridgehead atoms. The van der Waals surface area contributed by atoms with Crippen LogP contribution in [0.25, 0.3) is 6.08 Å². The van der Waals surface area contributed by atoms with Gasteiger partial charge in [0.2, 0.25) is 0 Å². The summed E-state index contributed by atoms with van der Waals surface area (Å²) in [5.41, 5.74) is 3.98. The summed E-state index contributed by atoms with van der Waals surface area (Å²) in [6.45, 7) is 1.91. The summed E-state index contributed by atoms with van der Waals surface area (Å²) in [5, 5.41) is 2.66. The van der Waals surface area contributed by atoms with Gasteiger partial charge < -0.3 is 10.1 Å². The highest BCUT2D eigenvalue weighted by molar-refractivity contribution is 7.92. The second kappa shape index (κ2) is 9.93. The normalized spacial score (nSPS) is 13.0. The Labute approximate surface area is 198 Å². The number of amides is 1. The van der Waals surface area contributed by atoms with Gasteiger partial charge in [-0.25, -0.2) is 13.2 Å². The SMILES string of the molecule is Cc1cccc(NC(=O)COC(=O)/C=C/c2ccc(S(=O)(=O)N3CCc4ccccc43)cc2)c1. The lowest BCUT2D eigenvalue weighted by atomic mass is 10.2. The Bertz CT molecular complexity index is 1350. The fraction of sp³-hybridized carbons (Fsp3) is 0.154. The van der Waals surface area contributed by atoms with Crippen LogP contribution in [0.4, 0.5) is 11.4 Å². The van der Waals surface area contributed by atoms with Crippen LogP contribution in [-0.4, -0.2) is 33.4 Å². The summed E-state index contributed by atoms with van der Waals surface area (Å²) in [6.07, 6.45) is 3.38. The van der Waals surface area contributed by atoms with Gasteiger partial charge in [-0.2, -0.15) is 0 Å². The first kappa shape index (κ1) is 23.3. The summed E-state index contributed by atoms with van der Waals surface area (Å²) in [4.78, 5) is 24.1. The zero-order chi connectivity index (χ0) is 24.1. The van der Waals surface area contributed by atoms with Crippen molar-refractivity contribution in [1.29, 1.82) is 0 Å². The van der Waals surface area contributed by atoms with Crippen LogP contribution < -0.4 is 9.62 Å². The zero-order valence-corrected chi connectivity index (χ0v) is 19.4. The Kier molecular flexibility index (Phi) is 6.79. The molecule has 1 N–H and O–H groups in total. The first-order valence-electron chi connectivity index (χ1n) is 10.7. The summed E-state index contributed by atoms with van der Waals surface area (Å²) >= 11 is 0. The highest BCUT2D eigenvalue weighted by atomic mass is 32.2. The van der Waals surface area contributed by atoms with E-state index in [4.69, 9.17) is 4.74 Å². The highest BCUT2D eigenvalue weighted by Crippen LogP contribution is 2.32. The first-order valence-corrected chi connectivity index (χ1v) is 12.2. The number of hydrogen-bond acceptors (Lipinski definition) is 5. The number of esters is 1. The van der Waals surface area contributed by atoms with E-state index in [9.17, 15) is 18.0 Å². The standard InChI is InChI=1S/C26H24N2O5S/c1-19-5-4-7-22(17-19)27-25(29)18-33-26(30)14-11-20-9-12-23(13-10-20)34(31,32)28-16-15-21-6-2-3-8-24(21)28/h2-14,17H,15-16,18H2,1H3,(H,27,29)/b14-11+. The average Bonchev–Trinajstić information content (AvgIpc) is 3.27. The molecule has 174 valence electrons. The minimum atomic E-state index is -3.67. The summed E-state index contributed by atoms with van der Waals surface area (Å²) < 4.78 is 32.5. The Morgan fingerprint density at radius 3 is 2.56 bits per heavy atom. The third-order valence-corrected chi connectivity index (χ3v) is 7.20. The van der Waals surface area contributed by atoms with Crippen molar-refractivity contribution in [2.75, 3.05) is 22.8 Å². The summed E-state index contributed by atoms with van der Waals surface area (Å²) in [6, 6.07) is 21.0. The van der Waals surface area contributed by atoms with E-state index in [1.54, 1.807) is 18.2 Å². The summed E-state index contributed by atoms with van der Waals surface area (Å²) in [5.74, 6) is -1.12. The molecule has 0 fully saturated rings. The maximum atomic E-state index is 13.1. The molecule has 1 amide bonds. The van der Waals surface area contributed by atoms with Gasteiger partial charge in [-0.15, -0.1) is 0 Å². The van der Waals surface area contributed by atoms with Crippen molar-refractivity contribution in [3.8, 4) is 0 Å². The number of fused-ring (bicyclic) bond motifs is 1. The van der Waals surface area contributed by atoms with Gasteiger partial charge in [0.25, 0.3) is 15.9 Å². The van der Waals surface area contributed by atoms with Gasteiger partial charge in [-0.1, -0.05) is 42.5 Å². The molecule has 0 saturated carbocycles. The Balaban J connectivity index is 1.33. The number of ether oxygens (including phenoxy) is 1. The van der Waals surface area contributed by atoms with E-state index in [1.807, 2.05) is 49.4 Å². The van der Waals surface area contributed by atoms with Gasteiger partial charge in [0.05, 0.1) is 10.6 Å². The van der Waals surface area contributed by atoms with E-state index >= 15 is 0 Å². The van der Waals surface area contributed by atoms with E-state index < -0.39 is 28.5 Å². The van der Waals surface area contributed by atoms with Crippen LogP contribution in [0.2, 0.25) is 0 Å². The van der Waals surface area contributed by atoms with Crippen LogP contribution >= 0.6 is 0 Å². The van der Waals surface area contributed by atoms with Gasteiger partial charge in [0.1, 0.15) is 0 Å². The predicted molar refractivity (Wildman–Crippen MR) is 131 cm³/mol. The van der Waals surface area contributed by atoms with Gasteiger partial charge in [-0.3, -0.25) is 9.10 Å². The van der Waals surface area contributed by atoms with Crippen LogP contribution in [0.5, 0.6) is 0 Å². The predicted octanol–water partition coefficient (Wildman–Crippen LogP) is 3.94. The zero-order valence-electron chi connectivity index (χ0n) is 18.6. The van der Waals surface area contributed by atoms with Crippen molar-refractivity contribution in [3.63, 3.8) is 0 Å². The number of benzene rings is 3. The molecule has 7 nitrogen and oxygen atoms in total. The minimum absolute atomic E-state index is 0.178. The molecular formula is C26H24N2O5S. The van der Waals surface area contributed by atoms with E-state index in [-0.39, 0.29) is 4.90 Å². The van der Waals surface area contributed by atoms with Crippen molar-refractivity contribution in [1.82, 2.24) is 0 Å².